The Labute approximate surface area is 87.2 Å². The molecule has 4 heteroatoms. The molecule has 0 aliphatic heterocycles. The van der Waals surface area contributed by atoms with Crippen molar-refractivity contribution in [3.05, 3.63) is 31.7 Å². The minimum atomic E-state index is 0.451. The van der Waals surface area contributed by atoms with Crippen LogP contribution in [-0.4, -0.2) is 0 Å². The predicted molar refractivity (Wildman–Crippen MR) is 54.7 cm³/mol. The van der Waals surface area contributed by atoms with E-state index in [1.165, 1.54) is 0 Å². The Morgan fingerprint density at radius 1 is 1.36 bits per heavy atom. The lowest BCUT2D eigenvalue weighted by Gasteiger charge is -2.04. The molecule has 60 valence electrons. The van der Waals surface area contributed by atoms with Gasteiger partial charge < -0.3 is 5.73 Å². The van der Waals surface area contributed by atoms with Gasteiger partial charge in [0.25, 0.3) is 0 Å². The number of halogens is 3. The minimum Gasteiger partial charge on any atom is -0.326 e. The van der Waals surface area contributed by atoms with Gasteiger partial charge in [-0.3, -0.25) is 0 Å². The van der Waals surface area contributed by atoms with Crippen molar-refractivity contribution in [3.63, 3.8) is 0 Å². The molecule has 1 rings (SSSR count). The van der Waals surface area contributed by atoms with E-state index in [1.54, 1.807) is 0 Å². The molecule has 1 aromatic carbocycles. The first kappa shape index (κ1) is 9.52. The first-order valence-electron chi connectivity index (χ1n) is 2.98. The van der Waals surface area contributed by atoms with Crippen molar-refractivity contribution in [1.29, 1.82) is 0 Å². The standard InChI is InChI=1S/C7H6Br2ClN/c8-4-1-6(9)5(3-11)7(10)2-4/h1-2H,3,11H2. The highest BCUT2D eigenvalue weighted by molar-refractivity contribution is 9.11. The van der Waals surface area contributed by atoms with Crippen molar-refractivity contribution in [2.45, 2.75) is 6.54 Å². The van der Waals surface area contributed by atoms with E-state index >= 15 is 0 Å². The summed E-state index contributed by atoms with van der Waals surface area (Å²) >= 11 is 12.6. The van der Waals surface area contributed by atoms with E-state index in [9.17, 15) is 0 Å². The second-order valence-corrected chi connectivity index (χ2v) is 4.23. The molecule has 0 aliphatic carbocycles. The SMILES string of the molecule is NCc1c(Cl)cc(Br)cc1Br. The zero-order valence-corrected chi connectivity index (χ0v) is 9.50. The Morgan fingerprint density at radius 2 is 2.00 bits per heavy atom. The van der Waals surface area contributed by atoms with Gasteiger partial charge in [0.2, 0.25) is 0 Å². The number of hydrogen-bond acceptors (Lipinski definition) is 1. The molecule has 0 saturated carbocycles. The molecule has 0 heterocycles. The highest BCUT2D eigenvalue weighted by atomic mass is 79.9. The van der Waals surface area contributed by atoms with Gasteiger partial charge in [0, 0.05) is 20.5 Å². The van der Waals surface area contributed by atoms with E-state index in [4.69, 9.17) is 17.3 Å². The first-order chi connectivity index (χ1) is 5.15. The van der Waals surface area contributed by atoms with E-state index in [0.717, 1.165) is 14.5 Å². The van der Waals surface area contributed by atoms with Gasteiger partial charge >= 0.3 is 0 Å². The number of rotatable bonds is 1. The van der Waals surface area contributed by atoms with Crippen LogP contribution in [0.3, 0.4) is 0 Å². The zero-order valence-electron chi connectivity index (χ0n) is 5.57. The van der Waals surface area contributed by atoms with E-state index in [2.05, 4.69) is 31.9 Å². The van der Waals surface area contributed by atoms with Crippen LogP contribution in [0.1, 0.15) is 5.56 Å². The Hall–Kier alpha value is 0.430. The van der Waals surface area contributed by atoms with Crippen LogP contribution < -0.4 is 5.73 Å². The zero-order chi connectivity index (χ0) is 8.43. The van der Waals surface area contributed by atoms with E-state index in [-0.39, 0.29) is 0 Å². The summed E-state index contributed by atoms with van der Waals surface area (Å²) in [5, 5.41) is 0.689. The van der Waals surface area contributed by atoms with Crippen LogP contribution in [0.2, 0.25) is 5.02 Å². The first-order valence-corrected chi connectivity index (χ1v) is 4.95. The molecule has 0 unspecified atom stereocenters. The van der Waals surface area contributed by atoms with Gasteiger partial charge in [-0.2, -0.15) is 0 Å². The molecule has 0 bridgehead atoms. The van der Waals surface area contributed by atoms with Crippen LogP contribution in [0.15, 0.2) is 21.1 Å². The van der Waals surface area contributed by atoms with Crippen LogP contribution >= 0.6 is 43.5 Å². The molecule has 11 heavy (non-hydrogen) atoms. The molecule has 0 atom stereocenters. The molecule has 0 saturated heterocycles. The monoisotopic (exact) mass is 297 g/mol. The lowest BCUT2D eigenvalue weighted by Crippen LogP contribution is -1.98. The van der Waals surface area contributed by atoms with Crippen LogP contribution in [0.5, 0.6) is 0 Å². The molecule has 2 N–H and O–H groups in total. The van der Waals surface area contributed by atoms with Crippen LogP contribution in [0, 0.1) is 0 Å². The molecule has 0 aliphatic rings. The lowest BCUT2D eigenvalue weighted by molar-refractivity contribution is 1.06. The van der Waals surface area contributed by atoms with Crippen molar-refractivity contribution in [2.24, 2.45) is 5.73 Å². The molecule has 0 radical (unpaired) electrons. The van der Waals surface area contributed by atoms with E-state index in [1.807, 2.05) is 12.1 Å². The summed E-state index contributed by atoms with van der Waals surface area (Å²) in [6.45, 7) is 0.451. The van der Waals surface area contributed by atoms with Gasteiger partial charge in [0.15, 0.2) is 0 Å². The fourth-order valence-electron chi connectivity index (χ4n) is 0.767. The fourth-order valence-corrected chi connectivity index (χ4v) is 2.70. The lowest BCUT2D eigenvalue weighted by atomic mass is 10.2. The second kappa shape index (κ2) is 3.90. The van der Waals surface area contributed by atoms with Gasteiger partial charge in [-0.25, -0.2) is 0 Å². The molecule has 0 fully saturated rings. The van der Waals surface area contributed by atoms with Crippen molar-refractivity contribution in [1.82, 2.24) is 0 Å². The molecule has 1 aromatic rings. The molecule has 0 aromatic heterocycles. The molecular formula is C7H6Br2ClN. The third kappa shape index (κ3) is 2.18. The Morgan fingerprint density at radius 3 is 2.45 bits per heavy atom. The molecule has 1 nitrogen and oxygen atoms in total. The average molecular weight is 299 g/mol. The van der Waals surface area contributed by atoms with E-state index in [0.29, 0.717) is 11.6 Å². The quantitative estimate of drug-likeness (QED) is 0.846. The maximum atomic E-state index is 5.89. The summed E-state index contributed by atoms with van der Waals surface area (Å²) < 4.78 is 1.89. The van der Waals surface area contributed by atoms with Crippen LogP contribution in [-0.2, 0) is 6.54 Å². The third-order valence-electron chi connectivity index (χ3n) is 1.31. The van der Waals surface area contributed by atoms with Crippen molar-refractivity contribution in [3.8, 4) is 0 Å². The number of nitrogens with two attached hydrogens (primary N) is 1. The Balaban J connectivity index is 3.25. The van der Waals surface area contributed by atoms with Gasteiger partial charge in [-0.05, 0) is 17.7 Å². The Kier molecular flexibility index (Phi) is 3.37. The van der Waals surface area contributed by atoms with Crippen molar-refractivity contribution in [2.75, 3.05) is 0 Å². The van der Waals surface area contributed by atoms with Gasteiger partial charge in [0.1, 0.15) is 0 Å². The maximum absolute atomic E-state index is 5.89. The van der Waals surface area contributed by atoms with Crippen molar-refractivity contribution >= 4 is 43.5 Å². The maximum Gasteiger partial charge on any atom is 0.0473 e. The molecule has 0 amide bonds. The number of benzene rings is 1. The van der Waals surface area contributed by atoms with Gasteiger partial charge in [0.05, 0.1) is 0 Å². The van der Waals surface area contributed by atoms with Crippen LogP contribution in [0.25, 0.3) is 0 Å². The Bertz CT molecular complexity index is 252. The molecule has 0 spiro atoms. The second-order valence-electron chi connectivity index (χ2n) is 2.05. The minimum absolute atomic E-state index is 0.451. The summed E-state index contributed by atoms with van der Waals surface area (Å²) in [5.41, 5.74) is 6.41. The largest absolute Gasteiger partial charge is 0.326 e. The highest BCUT2D eigenvalue weighted by Crippen LogP contribution is 2.28. The topological polar surface area (TPSA) is 26.0 Å². The third-order valence-corrected chi connectivity index (χ3v) is 2.81. The summed E-state index contributed by atoms with van der Waals surface area (Å²) in [4.78, 5) is 0. The summed E-state index contributed by atoms with van der Waals surface area (Å²) in [7, 11) is 0. The van der Waals surface area contributed by atoms with Gasteiger partial charge in [-0.15, -0.1) is 0 Å². The molecular weight excluding hydrogens is 293 g/mol. The normalized spacial score (nSPS) is 10.2. The number of hydrogen-bond donors (Lipinski definition) is 1. The van der Waals surface area contributed by atoms with E-state index < -0.39 is 0 Å². The summed E-state index contributed by atoms with van der Waals surface area (Å²) in [6.07, 6.45) is 0. The summed E-state index contributed by atoms with van der Waals surface area (Å²) in [5.74, 6) is 0. The predicted octanol–water partition coefficient (Wildman–Crippen LogP) is 3.32. The van der Waals surface area contributed by atoms with Crippen molar-refractivity contribution < 1.29 is 0 Å². The fraction of sp³-hybridized carbons (Fsp3) is 0.143. The smallest absolute Gasteiger partial charge is 0.0473 e. The summed E-state index contributed by atoms with van der Waals surface area (Å²) in [6, 6.07) is 3.75. The average Bonchev–Trinajstić information content (AvgIpc) is 1.85. The van der Waals surface area contributed by atoms with Gasteiger partial charge in [-0.1, -0.05) is 43.5 Å². The van der Waals surface area contributed by atoms with Crippen LogP contribution in [0.4, 0.5) is 0 Å². The highest BCUT2D eigenvalue weighted by Gasteiger charge is 2.03.